The zero-order valence-electron chi connectivity index (χ0n) is 7.51. The van der Waals surface area contributed by atoms with Crippen LogP contribution in [0, 0.1) is 0 Å². The predicted molar refractivity (Wildman–Crippen MR) is 59.7 cm³/mol. The molecule has 2 nitrogen and oxygen atoms in total. The summed E-state index contributed by atoms with van der Waals surface area (Å²) < 4.78 is 0. The topological polar surface area (TPSA) is 25.8 Å². The molecule has 1 aromatic carbocycles. The molecule has 0 aliphatic rings. The van der Waals surface area contributed by atoms with Gasteiger partial charge in [-0.05, 0) is 0 Å². The first-order valence-electron chi connectivity index (χ1n) is 4.53. The summed E-state index contributed by atoms with van der Waals surface area (Å²) in [5.41, 5.74) is 2.00. The molecule has 0 unspecified atom stereocenters. The van der Waals surface area contributed by atoms with Gasteiger partial charge < -0.3 is 0 Å². The molecule has 0 amide bonds. The molecule has 0 aliphatic heterocycles. The number of benzene rings is 1. The van der Waals surface area contributed by atoms with Crippen LogP contribution in [0.4, 0.5) is 0 Å². The van der Waals surface area contributed by atoms with Gasteiger partial charge in [-0.25, -0.2) is 0 Å². The predicted octanol–water partition coefficient (Wildman–Crippen LogP) is 1.46. The number of aromatic nitrogens is 2. The van der Waals surface area contributed by atoms with E-state index in [1.54, 1.807) is 14.1 Å². The van der Waals surface area contributed by atoms with E-state index in [1.165, 1.54) is 0 Å². The molecular weight excluding hydrogens is 170 g/mol. The average molecular weight is 176 g/mol. The molecule has 0 bridgehead atoms. The second-order valence-electron chi connectivity index (χ2n) is 3.24. The summed E-state index contributed by atoms with van der Waals surface area (Å²) in [5, 5.41) is 2.32. The molecule has 0 fully saturated rings. The van der Waals surface area contributed by atoms with Crippen molar-refractivity contribution in [1.29, 1.82) is 0 Å². The van der Waals surface area contributed by atoms with Crippen LogP contribution in [0.1, 0.15) is 0 Å². The van der Waals surface area contributed by atoms with Crippen molar-refractivity contribution in [3.8, 4) is 0 Å². The number of nitrogens with zero attached hydrogens (tertiary/aromatic N) is 2. The Labute approximate surface area is 82.5 Å². The molecule has 0 aliphatic carbocycles. The van der Waals surface area contributed by atoms with Crippen molar-refractivity contribution < 1.29 is 0 Å². The standard InChI is InChI=1S/C10H6B2N2/c1-3-11-13-9-6-10-8(5-7(1)9)2-4-12-14-10/h1-6H. The van der Waals surface area contributed by atoms with Crippen LogP contribution >= 0.6 is 0 Å². The quantitative estimate of drug-likeness (QED) is 0.484. The van der Waals surface area contributed by atoms with Crippen molar-refractivity contribution in [2.45, 2.75) is 0 Å². The van der Waals surface area contributed by atoms with E-state index in [0.717, 1.165) is 21.8 Å². The van der Waals surface area contributed by atoms with Crippen LogP contribution in [0.25, 0.3) is 21.8 Å². The van der Waals surface area contributed by atoms with Crippen LogP contribution in [-0.4, -0.2) is 23.9 Å². The van der Waals surface area contributed by atoms with E-state index in [-0.39, 0.29) is 0 Å². The fourth-order valence-corrected chi connectivity index (χ4v) is 1.64. The Morgan fingerprint density at radius 1 is 0.786 bits per heavy atom. The van der Waals surface area contributed by atoms with E-state index in [4.69, 9.17) is 0 Å². The fraction of sp³-hybridized carbons (Fsp3) is 0. The molecule has 0 saturated heterocycles. The van der Waals surface area contributed by atoms with Gasteiger partial charge in [0.05, 0.1) is 0 Å². The molecule has 0 saturated carbocycles. The van der Waals surface area contributed by atoms with Crippen molar-refractivity contribution in [2.24, 2.45) is 0 Å². The minimum absolute atomic E-state index is 0.999. The Bertz CT molecular complexity index is 505. The second-order valence-corrected chi connectivity index (χ2v) is 3.24. The molecule has 0 N–H and O–H groups in total. The van der Waals surface area contributed by atoms with Crippen LogP contribution in [0.2, 0.25) is 0 Å². The number of hydrogen-bond donors (Lipinski definition) is 0. The van der Waals surface area contributed by atoms with E-state index < -0.39 is 0 Å². The molecule has 0 radical (unpaired) electrons. The molecule has 3 aromatic rings. The summed E-state index contributed by atoms with van der Waals surface area (Å²) in [6.07, 6.45) is 0. The van der Waals surface area contributed by atoms with Crippen LogP contribution in [0.15, 0.2) is 36.2 Å². The van der Waals surface area contributed by atoms with Crippen LogP contribution in [0.5, 0.6) is 0 Å². The first-order valence-corrected chi connectivity index (χ1v) is 4.53. The summed E-state index contributed by atoms with van der Waals surface area (Å²) in [6, 6.07) is 8.26. The van der Waals surface area contributed by atoms with Gasteiger partial charge in [0, 0.05) is 0 Å². The average Bonchev–Trinajstić information content (AvgIpc) is 2.26. The summed E-state index contributed by atoms with van der Waals surface area (Å²) in [4.78, 5) is 8.58. The summed E-state index contributed by atoms with van der Waals surface area (Å²) >= 11 is 0. The molecular formula is C10H6B2N2. The van der Waals surface area contributed by atoms with Gasteiger partial charge in [-0.15, -0.1) is 0 Å². The van der Waals surface area contributed by atoms with Gasteiger partial charge in [0.2, 0.25) is 0 Å². The van der Waals surface area contributed by atoms with Crippen molar-refractivity contribution in [1.82, 2.24) is 9.78 Å². The Hall–Kier alpha value is -1.57. The molecule has 4 heteroatoms. The normalized spacial score (nSPS) is 10.3. The van der Waals surface area contributed by atoms with Gasteiger partial charge in [0.15, 0.2) is 0 Å². The van der Waals surface area contributed by atoms with Crippen molar-refractivity contribution >= 4 is 35.9 Å². The minimum atomic E-state index is 0.999. The zero-order valence-corrected chi connectivity index (χ0v) is 7.51. The molecule has 2 heterocycles. The SMILES string of the molecule is b1ccc2cc3ccbnc3cc2n1. The van der Waals surface area contributed by atoms with E-state index in [9.17, 15) is 0 Å². The van der Waals surface area contributed by atoms with E-state index in [1.807, 2.05) is 18.0 Å². The van der Waals surface area contributed by atoms with Gasteiger partial charge in [-0.2, -0.15) is 0 Å². The van der Waals surface area contributed by atoms with Gasteiger partial charge in [0.25, 0.3) is 0 Å². The fourth-order valence-electron chi connectivity index (χ4n) is 1.64. The van der Waals surface area contributed by atoms with Crippen LogP contribution < -0.4 is 0 Å². The first kappa shape index (κ1) is 7.80. The van der Waals surface area contributed by atoms with E-state index in [2.05, 4.69) is 28.0 Å². The summed E-state index contributed by atoms with van der Waals surface area (Å²) in [7, 11) is 3.61. The number of fused-ring (bicyclic) bond motifs is 2. The number of rotatable bonds is 0. The molecule has 3 rings (SSSR count). The molecule has 0 spiro atoms. The van der Waals surface area contributed by atoms with E-state index >= 15 is 0 Å². The summed E-state index contributed by atoms with van der Waals surface area (Å²) in [5.74, 6) is 3.90. The third-order valence-electron chi connectivity index (χ3n) is 2.33. The van der Waals surface area contributed by atoms with Crippen molar-refractivity contribution in [3.63, 3.8) is 0 Å². The van der Waals surface area contributed by atoms with Crippen molar-refractivity contribution in [2.75, 3.05) is 0 Å². The Balaban J connectivity index is 2.52. The second kappa shape index (κ2) is 2.98. The first-order chi connectivity index (χ1) is 6.93. The maximum absolute atomic E-state index is 4.29. The molecule has 14 heavy (non-hydrogen) atoms. The number of hydrogen-bond acceptors (Lipinski definition) is 2. The monoisotopic (exact) mass is 176 g/mol. The zero-order chi connectivity index (χ0) is 9.38. The Kier molecular flexibility index (Phi) is 1.66. The molecule has 2 aromatic heterocycles. The molecule has 0 atom stereocenters. The van der Waals surface area contributed by atoms with Crippen LogP contribution in [0.3, 0.4) is 0 Å². The van der Waals surface area contributed by atoms with Gasteiger partial charge in [0.1, 0.15) is 0 Å². The summed E-state index contributed by atoms with van der Waals surface area (Å²) in [6.45, 7) is 0. The Morgan fingerprint density at radius 2 is 1.36 bits per heavy atom. The van der Waals surface area contributed by atoms with Crippen molar-refractivity contribution in [3.05, 3.63) is 36.2 Å². The third-order valence-corrected chi connectivity index (χ3v) is 2.33. The van der Waals surface area contributed by atoms with Gasteiger partial charge >= 0.3 is 81.9 Å². The third kappa shape index (κ3) is 1.15. The van der Waals surface area contributed by atoms with Gasteiger partial charge in [-0.3, -0.25) is 0 Å². The molecule has 62 valence electrons. The maximum atomic E-state index is 4.29. The Morgan fingerprint density at radius 3 is 1.93 bits per heavy atom. The van der Waals surface area contributed by atoms with Crippen LogP contribution in [-0.2, 0) is 0 Å². The van der Waals surface area contributed by atoms with Gasteiger partial charge in [-0.1, -0.05) is 0 Å². The van der Waals surface area contributed by atoms with E-state index in [0.29, 0.717) is 0 Å².